The Balaban J connectivity index is 2.54. The minimum atomic E-state index is -0.347. The average molecular weight is 232 g/mol. The fourth-order valence-corrected chi connectivity index (χ4v) is 1.62. The summed E-state index contributed by atoms with van der Waals surface area (Å²) in [5.41, 5.74) is 18.9. The molecule has 0 saturated carbocycles. The van der Waals surface area contributed by atoms with E-state index >= 15 is 0 Å². The fraction of sp³-hybridized carbons (Fsp3) is 0.0833. The first-order valence-electron chi connectivity index (χ1n) is 5.12. The molecule has 0 spiro atoms. The van der Waals surface area contributed by atoms with E-state index in [1.54, 1.807) is 18.2 Å². The summed E-state index contributed by atoms with van der Waals surface area (Å²) in [6.07, 6.45) is 1.54. The van der Waals surface area contributed by atoms with Crippen molar-refractivity contribution >= 4 is 11.5 Å². The van der Waals surface area contributed by atoms with E-state index in [-0.39, 0.29) is 18.2 Å². The molecule has 5 heteroatoms. The van der Waals surface area contributed by atoms with Gasteiger partial charge in [0.05, 0.1) is 5.69 Å². The van der Waals surface area contributed by atoms with Gasteiger partial charge >= 0.3 is 0 Å². The predicted octanol–water partition coefficient (Wildman–Crippen LogP) is 1.51. The number of anilines is 2. The molecule has 0 fully saturated rings. The molecule has 0 atom stereocenters. The molecule has 0 amide bonds. The Morgan fingerprint density at radius 2 is 1.94 bits per heavy atom. The molecule has 2 rings (SSSR count). The Morgan fingerprint density at radius 3 is 2.59 bits per heavy atom. The highest BCUT2D eigenvalue weighted by Gasteiger charge is 2.08. The van der Waals surface area contributed by atoms with E-state index in [1.807, 2.05) is 0 Å². The number of nitrogens with two attached hydrogens (primary N) is 3. The smallest absolute Gasteiger partial charge is 0.147 e. The van der Waals surface area contributed by atoms with Crippen LogP contribution in [0.5, 0.6) is 0 Å². The average Bonchev–Trinajstić information content (AvgIpc) is 2.32. The Labute approximate surface area is 98.3 Å². The summed E-state index contributed by atoms with van der Waals surface area (Å²) in [6.45, 7) is 0.167. The van der Waals surface area contributed by atoms with Crippen LogP contribution < -0.4 is 17.2 Å². The third-order valence-corrected chi connectivity index (χ3v) is 2.60. The lowest BCUT2D eigenvalue weighted by atomic mass is 10.0. The van der Waals surface area contributed by atoms with Crippen LogP contribution in [0.1, 0.15) is 5.56 Å². The molecule has 0 radical (unpaired) electrons. The molecule has 4 nitrogen and oxygen atoms in total. The van der Waals surface area contributed by atoms with Gasteiger partial charge in [-0.05, 0) is 17.7 Å². The van der Waals surface area contributed by atoms with Crippen LogP contribution in [-0.4, -0.2) is 4.98 Å². The van der Waals surface area contributed by atoms with Gasteiger partial charge in [0, 0.05) is 23.9 Å². The van der Waals surface area contributed by atoms with Crippen LogP contribution in [0.15, 0.2) is 30.5 Å². The van der Waals surface area contributed by atoms with Crippen molar-refractivity contribution in [3.05, 3.63) is 41.8 Å². The van der Waals surface area contributed by atoms with Crippen LogP contribution in [0.3, 0.4) is 0 Å². The minimum absolute atomic E-state index is 0.167. The standard InChI is InChI=1S/C12H13FN4/c13-10-5-7(1-2-8(10)6-14)9-3-4-17-12(16)11(9)15/h1-5H,6,14-15H2,(H2,16,17). The number of aromatic nitrogens is 1. The van der Waals surface area contributed by atoms with Crippen molar-refractivity contribution in [2.24, 2.45) is 5.73 Å². The van der Waals surface area contributed by atoms with Gasteiger partial charge in [-0.3, -0.25) is 0 Å². The number of hydrogen-bond acceptors (Lipinski definition) is 4. The van der Waals surface area contributed by atoms with Crippen molar-refractivity contribution in [2.45, 2.75) is 6.54 Å². The second kappa shape index (κ2) is 4.39. The van der Waals surface area contributed by atoms with Gasteiger partial charge < -0.3 is 17.2 Å². The van der Waals surface area contributed by atoms with Gasteiger partial charge in [-0.25, -0.2) is 9.37 Å². The SMILES string of the molecule is NCc1ccc(-c2ccnc(N)c2N)cc1F. The van der Waals surface area contributed by atoms with Gasteiger partial charge in [0.15, 0.2) is 0 Å². The van der Waals surface area contributed by atoms with Crippen LogP contribution in [0, 0.1) is 5.82 Å². The Hall–Kier alpha value is -2.14. The van der Waals surface area contributed by atoms with Crippen molar-refractivity contribution < 1.29 is 4.39 Å². The van der Waals surface area contributed by atoms with Gasteiger partial charge in [0.25, 0.3) is 0 Å². The Bertz CT molecular complexity index is 554. The van der Waals surface area contributed by atoms with Gasteiger partial charge in [0.1, 0.15) is 11.6 Å². The molecule has 0 bridgehead atoms. The number of pyridine rings is 1. The molecular weight excluding hydrogens is 219 g/mol. The molecule has 0 aliphatic heterocycles. The second-order valence-corrected chi connectivity index (χ2v) is 3.67. The molecular formula is C12H13FN4. The van der Waals surface area contributed by atoms with Gasteiger partial charge in [-0.1, -0.05) is 12.1 Å². The molecule has 1 aromatic heterocycles. The van der Waals surface area contributed by atoms with Crippen LogP contribution in [0.2, 0.25) is 0 Å². The van der Waals surface area contributed by atoms with E-state index in [4.69, 9.17) is 17.2 Å². The van der Waals surface area contributed by atoms with E-state index in [0.29, 0.717) is 22.4 Å². The quantitative estimate of drug-likeness (QED) is 0.732. The zero-order valence-electron chi connectivity index (χ0n) is 9.15. The van der Waals surface area contributed by atoms with Crippen LogP contribution in [0.25, 0.3) is 11.1 Å². The first-order chi connectivity index (χ1) is 8.13. The summed E-state index contributed by atoms with van der Waals surface area (Å²) < 4.78 is 13.6. The van der Waals surface area contributed by atoms with E-state index in [2.05, 4.69) is 4.98 Å². The lowest BCUT2D eigenvalue weighted by Crippen LogP contribution is -2.01. The lowest BCUT2D eigenvalue weighted by molar-refractivity contribution is 0.611. The molecule has 2 aromatic rings. The summed E-state index contributed by atoms with van der Waals surface area (Å²) in [6, 6.07) is 6.49. The van der Waals surface area contributed by atoms with Crippen molar-refractivity contribution in [1.82, 2.24) is 4.98 Å². The van der Waals surface area contributed by atoms with E-state index in [1.165, 1.54) is 12.3 Å². The highest BCUT2D eigenvalue weighted by Crippen LogP contribution is 2.29. The lowest BCUT2D eigenvalue weighted by Gasteiger charge is -2.08. The topological polar surface area (TPSA) is 90.9 Å². The molecule has 1 heterocycles. The third-order valence-electron chi connectivity index (χ3n) is 2.60. The number of nitrogens with zero attached hydrogens (tertiary/aromatic N) is 1. The summed E-state index contributed by atoms with van der Waals surface area (Å²) in [5.74, 6) is -0.106. The van der Waals surface area contributed by atoms with Crippen molar-refractivity contribution in [2.75, 3.05) is 11.5 Å². The molecule has 0 aliphatic rings. The molecule has 0 saturated heterocycles. The molecule has 1 aromatic carbocycles. The van der Waals surface area contributed by atoms with Crippen molar-refractivity contribution in [3.63, 3.8) is 0 Å². The maximum absolute atomic E-state index is 13.6. The normalized spacial score (nSPS) is 10.5. The molecule has 17 heavy (non-hydrogen) atoms. The monoisotopic (exact) mass is 232 g/mol. The maximum atomic E-state index is 13.6. The van der Waals surface area contributed by atoms with Crippen LogP contribution >= 0.6 is 0 Å². The molecule has 6 N–H and O–H groups in total. The summed E-state index contributed by atoms with van der Waals surface area (Å²) >= 11 is 0. The third kappa shape index (κ3) is 2.05. The summed E-state index contributed by atoms with van der Waals surface area (Å²) in [7, 11) is 0. The zero-order valence-corrected chi connectivity index (χ0v) is 9.15. The summed E-state index contributed by atoms with van der Waals surface area (Å²) in [4.78, 5) is 3.86. The highest BCUT2D eigenvalue weighted by molar-refractivity contribution is 5.82. The number of benzene rings is 1. The number of rotatable bonds is 2. The van der Waals surface area contributed by atoms with E-state index < -0.39 is 0 Å². The predicted molar refractivity (Wildman–Crippen MR) is 66.3 cm³/mol. The summed E-state index contributed by atoms with van der Waals surface area (Å²) in [5, 5.41) is 0. The Kier molecular flexibility index (Phi) is 2.93. The minimum Gasteiger partial charge on any atom is -0.395 e. The molecule has 88 valence electrons. The molecule has 0 aliphatic carbocycles. The Morgan fingerprint density at radius 1 is 1.18 bits per heavy atom. The van der Waals surface area contributed by atoms with Crippen LogP contribution in [-0.2, 0) is 6.54 Å². The second-order valence-electron chi connectivity index (χ2n) is 3.67. The highest BCUT2D eigenvalue weighted by atomic mass is 19.1. The van der Waals surface area contributed by atoms with Gasteiger partial charge in [-0.2, -0.15) is 0 Å². The first kappa shape index (κ1) is 11.3. The number of halogens is 1. The zero-order chi connectivity index (χ0) is 12.4. The van der Waals surface area contributed by atoms with Crippen molar-refractivity contribution in [1.29, 1.82) is 0 Å². The van der Waals surface area contributed by atoms with Gasteiger partial charge in [0.2, 0.25) is 0 Å². The largest absolute Gasteiger partial charge is 0.395 e. The fourth-order valence-electron chi connectivity index (χ4n) is 1.62. The molecule has 0 unspecified atom stereocenters. The van der Waals surface area contributed by atoms with E-state index in [0.717, 1.165) is 0 Å². The van der Waals surface area contributed by atoms with Crippen molar-refractivity contribution in [3.8, 4) is 11.1 Å². The number of hydrogen-bond donors (Lipinski definition) is 3. The first-order valence-corrected chi connectivity index (χ1v) is 5.12. The maximum Gasteiger partial charge on any atom is 0.147 e. The van der Waals surface area contributed by atoms with Crippen LogP contribution in [0.4, 0.5) is 15.9 Å². The number of nitrogen functional groups attached to an aromatic ring is 2. The van der Waals surface area contributed by atoms with E-state index in [9.17, 15) is 4.39 Å². The van der Waals surface area contributed by atoms with Gasteiger partial charge in [-0.15, -0.1) is 0 Å².